The first-order valence-electron chi connectivity index (χ1n) is 6.29. The van der Waals surface area contributed by atoms with Crippen molar-refractivity contribution in [3.63, 3.8) is 0 Å². The van der Waals surface area contributed by atoms with Crippen LogP contribution in [0.1, 0.15) is 12.0 Å². The highest BCUT2D eigenvalue weighted by atomic mass is 19.1. The Labute approximate surface area is 115 Å². The molecule has 0 aromatic carbocycles. The van der Waals surface area contributed by atoms with Crippen LogP contribution in [0.25, 0.3) is 0 Å². The third kappa shape index (κ3) is 2.71. The number of carbonyl (C=O) groups is 2. The van der Waals surface area contributed by atoms with Crippen LogP contribution >= 0.6 is 0 Å². The Morgan fingerprint density at radius 2 is 2.20 bits per heavy atom. The Hall–Kier alpha value is -2.18. The fourth-order valence-electron chi connectivity index (χ4n) is 2.35. The second-order valence-electron chi connectivity index (χ2n) is 4.92. The van der Waals surface area contributed by atoms with Gasteiger partial charge in [-0.05, 0) is 13.0 Å². The summed E-state index contributed by atoms with van der Waals surface area (Å²) < 4.78 is 14.6. The first kappa shape index (κ1) is 14.2. The fraction of sp³-hybridized carbons (Fsp3) is 0.462. The van der Waals surface area contributed by atoms with Gasteiger partial charge in [-0.25, -0.2) is 4.39 Å². The van der Waals surface area contributed by atoms with Crippen molar-refractivity contribution < 1.29 is 14.0 Å². The lowest BCUT2D eigenvalue weighted by Crippen LogP contribution is -2.45. The molecule has 2 N–H and O–H groups in total. The molecule has 108 valence electrons. The van der Waals surface area contributed by atoms with E-state index in [9.17, 15) is 18.8 Å². The van der Waals surface area contributed by atoms with E-state index in [2.05, 4.69) is 0 Å². The first-order valence-corrected chi connectivity index (χ1v) is 6.29. The molecule has 7 heteroatoms. The van der Waals surface area contributed by atoms with E-state index in [0.717, 1.165) is 4.90 Å². The maximum atomic E-state index is 13.4. The smallest absolute Gasteiger partial charge is 0.253 e. The van der Waals surface area contributed by atoms with Gasteiger partial charge in [-0.1, -0.05) is 6.07 Å². The van der Waals surface area contributed by atoms with Crippen LogP contribution < -0.4 is 11.3 Å². The molecule has 1 fully saturated rings. The van der Waals surface area contributed by atoms with Crippen molar-refractivity contribution in [1.82, 2.24) is 9.47 Å². The maximum absolute atomic E-state index is 13.4. The van der Waals surface area contributed by atoms with Crippen molar-refractivity contribution in [3.05, 3.63) is 34.2 Å². The SMILES string of the molecule is Cc1cccn(CC(=O)N2C[C@H](F)C[C@H]2C(N)=O)c1=O. The fourth-order valence-corrected chi connectivity index (χ4v) is 2.35. The molecule has 2 atom stereocenters. The average Bonchev–Trinajstić information content (AvgIpc) is 2.77. The normalized spacial score (nSPS) is 22.0. The van der Waals surface area contributed by atoms with Crippen LogP contribution in [-0.2, 0) is 16.1 Å². The number of nitrogens with zero attached hydrogens (tertiary/aromatic N) is 2. The number of aryl methyl sites for hydroxylation is 1. The number of pyridine rings is 1. The van der Waals surface area contributed by atoms with Gasteiger partial charge in [0.05, 0.1) is 6.54 Å². The highest BCUT2D eigenvalue weighted by Gasteiger charge is 2.38. The summed E-state index contributed by atoms with van der Waals surface area (Å²) >= 11 is 0. The van der Waals surface area contributed by atoms with Crippen molar-refractivity contribution in [3.8, 4) is 0 Å². The topological polar surface area (TPSA) is 85.4 Å². The molecule has 0 aliphatic carbocycles. The second kappa shape index (κ2) is 5.44. The molecule has 1 aromatic rings. The summed E-state index contributed by atoms with van der Waals surface area (Å²) in [7, 11) is 0. The first-order chi connectivity index (χ1) is 9.40. The number of hydrogen-bond acceptors (Lipinski definition) is 3. The van der Waals surface area contributed by atoms with Gasteiger partial charge < -0.3 is 15.2 Å². The quantitative estimate of drug-likeness (QED) is 0.816. The van der Waals surface area contributed by atoms with Gasteiger partial charge in [-0.3, -0.25) is 14.4 Å². The lowest BCUT2D eigenvalue weighted by molar-refractivity contribution is -0.137. The zero-order chi connectivity index (χ0) is 14.9. The Morgan fingerprint density at radius 3 is 2.85 bits per heavy atom. The van der Waals surface area contributed by atoms with Gasteiger partial charge in [0.15, 0.2) is 0 Å². The van der Waals surface area contributed by atoms with Gasteiger partial charge in [0.2, 0.25) is 11.8 Å². The molecular formula is C13H16FN3O3. The van der Waals surface area contributed by atoms with E-state index >= 15 is 0 Å². The molecular weight excluding hydrogens is 265 g/mol. The summed E-state index contributed by atoms with van der Waals surface area (Å²) in [5, 5.41) is 0. The van der Waals surface area contributed by atoms with E-state index in [1.165, 1.54) is 10.8 Å². The zero-order valence-electron chi connectivity index (χ0n) is 11.1. The minimum atomic E-state index is -1.26. The standard InChI is InChI=1S/C13H16FN3O3/c1-8-3-2-4-16(13(8)20)7-11(18)17-6-9(14)5-10(17)12(15)19/h2-4,9-10H,5-7H2,1H3,(H2,15,19)/t9-,10+/m1/s1. The van der Waals surface area contributed by atoms with Crippen LogP contribution in [0.15, 0.2) is 23.1 Å². The minimum Gasteiger partial charge on any atom is -0.368 e. The Bertz CT molecular complexity index is 599. The van der Waals surface area contributed by atoms with Gasteiger partial charge in [-0.15, -0.1) is 0 Å². The third-order valence-electron chi connectivity index (χ3n) is 3.41. The predicted octanol–water partition coefficient (Wildman–Crippen LogP) is -0.419. The minimum absolute atomic E-state index is 0.0796. The highest BCUT2D eigenvalue weighted by molar-refractivity contribution is 5.87. The molecule has 2 amide bonds. The number of carbonyl (C=O) groups excluding carboxylic acids is 2. The molecule has 20 heavy (non-hydrogen) atoms. The van der Waals surface area contributed by atoms with Crippen molar-refractivity contribution in [2.24, 2.45) is 5.73 Å². The summed E-state index contributed by atoms with van der Waals surface area (Å²) in [6.45, 7) is 1.26. The van der Waals surface area contributed by atoms with Crippen LogP contribution in [0, 0.1) is 6.92 Å². The van der Waals surface area contributed by atoms with Crippen molar-refractivity contribution >= 4 is 11.8 Å². The van der Waals surface area contributed by atoms with Crippen LogP contribution in [0.4, 0.5) is 4.39 Å². The zero-order valence-corrected chi connectivity index (χ0v) is 11.1. The molecule has 1 saturated heterocycles. The molecule has 6 nitrogen and oxygen atoms in total. The second-order valence-corrected chi connectivity index (χ2v) is 4.92. The number of alkyl halides is 1. The van der Waals surface area contributed by atoms with Gasteiger partial charge in [-0.2, -0.15) is 0 Å². The van der Waals surface area contributed by atoms with Crippen molar-refractivity contribution in [2.75, 3.05) is 6.54 Å². The summed E-state index contributed by atoms with van der Waals surface area (Å²) in [4.78, 5) is 36.3. The van der Waals surface area contributed by atoms with E-state index in [4.69, 9.17) is 5.73 Å². The monoisotopic (exact) mass is 281 g/mol. The third-order valence-corrected chi connectivity index (χ3v) is 3.41. The lowest BCUT2D eigenvalue weighted by Gasteiger charge is -2.22. The van der Waals surface area contributed by atoms with Gasteiger partial charge in [0.25, 0.3) is 5.56 Å². The van der Waals surface area contributed by atoms with Crippen LogP contribution in [0.2, 0.25) is 0 Å². The highest BCUT2D eigenvalue weighted by Crippen LogP contribution is 2.20. The molecule has 1 aliphatic heterocycles. The van der Waals surface area contributed by atoms with Gasteiger partial charge in [0.1, 0.15) is 18.8 Å². The van der Waals surface area contributed by atoms with E-state index in [1.54, 1.807) is 19.1 Å². The Kier molecular flexibility index (Phi) is 3.87. The summed E-state index contributed by atoms with van der Waals surface area (Å²) in [5.41, 5.74) is 5.39. The number of nitrogens with two attached hydrogens (primary N) is 1. The number of rotatable bonds is 3. The number of amides is 2. The molecule has 0 radical (unpaired) electrons. The lowest BCUT2D eigenvalue weighted by atomic mass is 10.2. The van der Waals surface area contributed by atoms with Crippen LogP contribution in [-0.4, -0.2) is 40.0 Å². The number of hydrogen-bond donors (Lipinski definition) is 1. The molecule has 0 unspecified atom stereocenters. The molecule has 0 spiro atoms. The van der Waals surface area contributed by atoms with Gasteiger partial charge in [0, 0.05) is 18.2 Å². The summed E-state index contributed by atoms with van der Waals surface area (Å²) in [6.07, 6.45) is 0.143. The number of halogens is 1. The number of primary amides is 1. The predicted molar refractivity (Wildman–Crippen MR) is 69.6 cm³/mol. The van der Waals surface area contributed by atoms with E-state index in [0.29, 0.717) is 5.56 Å². The molecule has 1 aromatic heterocycles. The summed E-state index contributed by atoms with van der Waals surface area (Å²) in [6, 6.07) is 2.36. The van der Waals surface area contributed by atoms with Gasteiger partial charge >= 0.3 is 0 Å². The number of likely N-dealkylation sites (tertiary alicyclic amines) is 1. The van der Waals surface area contributed by atoms with Crippen molar-refractivity contribution in [2.45, 2.75) is 32.1 Å². The van der Waals surface area contributed by atoms with E-state index in [1.807, 2.05) is 0 Å². The van der Waals surface area contributed by atoms with Crippen LogP contribution in [0.5, 0.6) is 0 Å². The van der Waals surface area contributed by atoms with E-state index < -0.39 is 24.0 Å². The Morgan fingerprint density at radius 1 is 1.50 bits per heavy atom. The number of aromatic nitrogens is 1. The van der Waals surface area contributed by atoms with Crippen LogP contribution in [0.3, 0.4) is 0 Å². The average molecular weight is 281 g/mol. The Balaban J connectivity index is 2.17. The maximum Gasteiger partial charge on any atom is 0.253 e. The molecule has 0 bridgehead atoms. The molecule has 2 rings (SSSR count). The van der Waals surface area contributed by atoms with E-state index in [-0.39, 0.29) is 25.1 Å². The largest absolute Gasteiger partial charge is 0.368 e. The molecule has 2 heterocycles. The summed E-state index contributed by atoms with van der Waals surface area (Å²) in [5.74, 6) is -1.21. The van der Waals surface area contributed by atoms with Crippen molar-refractivity contribution in [1.29, 1.82) is 0 Å². The molecule has 1 aliphatic rings. The molecule has 0 saturated carbocycles.